The van der Waals surface area contributed by atoms with Gasteiger partial charge in [0.2, 0.25) is 5.82 Å². The van der Waals surface area contributed by atoms with E-state index in [0.717, 1.165) is 73.0 Å². The molecule has 1 N–H and O–H groups in total. The van der Waals surface area contributed by atoms with Crippen LogP contribution in [0.2, 0.25) is 0 Å². The normalized spacial score (nSPS) is 18.3. The number of nitrogens with zero attached hydrogens (tertiary/aromatic N) is 6. The van der Waals surface area contributed by atoms with E-state index in [0.29, 0.717) is 12.4 Å². The van der Waals surface area contributed by atoms with E-state index in [4.69, 9.17) is 9.72 Å². The molecule has 38 heavy (non-hydrogen) atoms. The molecule has 1 fully saturated rings. The smallest absolute Gasteiger partial charge is 0.329 e. The summed E-state index contributed by atoms with van der Waals surface area (Å²) in [4.78, 5) is 18.6. The molecule has 3 heterocycles. The SMILES string of the molecule is CCCCc1cn(C2CCCCCCC2OC)c(=O)n1Cc1ccc(-c2ccccc2-c2nn[nH]n2)cn1. The Morgan fingerprint density at radius 1 is 1.05 bits per heavy atom. The number of aromatic nitrogens is 7. The minimum absolute atomic E-state index is 0.0389. The highest BCUT2D eigenvalue weighted by Gasteiger charge is 2.27. The summed E-state index contributed by atoms with van der Waals surface area (Å²) in [6.45, 7) is 2.63. The first-order valence-electron chi connectivity index (χ1n) is 13.8. The second kappa shape index (κ2) is 12.3. The van der Waals surface area contributed by atoms with Crippen molar-refractivity contribution in [2.24, 2.45) is 0 Å². The molecule has 0 spiro atoms. The molecule has 1 aliphatic carbocycles. The van der Waals surface area contributed by atoms with E-state index in [2.05, 4.69) is 33.7 Å². The fraction of sp³-hybridized carbons (Fsp3) is 0.483. The maximum absolute atomic E-state index is 13.8. The number of nitrogens with one attached hydrogen (secondary N) is 1. The lowest BCUT2D eigenvalue weighted by molar-refractivity contribution is 0.0381. The van der Waals surface area contributed by atoms with Crippen LogP contribution in [0.3, 0.4) is 0 Å². The molecule has 1 saturated carbocycles. The van der Waals surface area contributed by atoms with Gasteiger partial charge in [0.1, 0.15) is 0 Å². The number of imidazole rings is 1. The van der Waals surface area contributed by atoms with Crippen molar-refractivity contribution >= 4 is 0 Å². The molecule has 9 nitrogen and oxygen atoms in total. The monoisotopic (exact) mass is 515 g/mol. The van der Waals surface area contributed by atoms with Crippen molar-refractivity contribution in [3.8, 4) is 22.5 Å². The molecule has 0 bridgehead atoms. The number of aromatic amines is 1. The molecule has 0 saturated heterocycles. The van der Waals surface area contributed by atoms with Crippen molar-refractivity contribution < 1.29 is 4.74 Å². The standard InChI is InChI=1S/C29H37N7O2/c1-3-4-11-23-20-36(26-14-7-5-6-8-15-27(26)38-2)29(37)35(23)19-22-17-16-21(18-30-22)24-12-9-10-13-25(24)28-31-33-34-32-28/h9-10,12-13,16-18,20,26-27H,3-8,11,14-15,19H2,1-2H3,(H,31,32,33,34). The average molecular weight is 516 g/mol. The summed E-state index contributed by atoms with van der Waals surface area (Å²) in [5.74, 6) is 0.543. The summed E-state index contributed by atoms with van der Waals surface area (Å²) >= 11 is 0. The summed E-state index contributed by atoms with van der Waals surface area (Å²) in [7, 11) is 1.78. The number of pyridine rings is 1. The lowest BCUT2D eigenvalue weighted by Gasteiger charge is -2.28. The van der Waals surface area contributed by atoms with E-state index in [1.165, 1.54) is 12.8 Å². The highest BCUT2D eigenvalue weighted by atomic mass is 16.5. The number of H-pyrrole nitrogens is 1. The third-order valence-electron chi connectivity index (χ3n) is 7.67. The van der Waals surface area contributed by atoms with Crippen LogP contribution in [-0.4, -0.2) is 48.0 Å². The van der Waals surface area contributed by atoms with Crippen LogP contribution in [-0.2, 0) is 17.7 Å². The zero-order valence-electron chi connectivity index (χ0n) is 22.3. The average Bonchev–Trinajstić information content (AvgIpc) is 3.57. The van der Waals surface area contributed by atoms with E-state index < -0.39 is 0 Å². The predicted octanol–water partition coefficient (Wildman–Crippen LogP) is 5.19. The topological polar surface area (TPSA) is 104 Å². The van der Waals surface area contributed by atoms with E-state index >= 15 is 0 Å². The second-order valence-electron chi connectivity index (χ2n) is 10.2. The molecule has 2 unspecified atom stereocenters. The summed E-state index contributed by atoms with van der Waals surface area (Å²) in [6, 6.07) is 12.1. The van der Waals surface area contributed by atoms with Crippen LogP contribution in [0.5, 0.6) is 0 Å². The van der Waals surface area contributed by atoms with Gasteiger partial charge in [-0.3, -0.25) is 14.1 Å². The Labute approximate surface area is 223 Å². The fourth-order valence-electron chi connectivity index (χ4n) is 5.58. The molecule has 2 atom stereocenters. The minimum atomic E-state index is 0.0389. The van der Waals surface area contributed by atoms with Gasteiger partial charge in [0.05, 0.1) is 24.4 Å². The highest BCUT2D eigenvalue weighted by molar-refractivity contribution is 5.79. The Hall–Kier alpha value is -3.59. The number of unbranched alkanes of at least 4 members (excludes halogenated alkanes) is 1. The van der Waals surface area contributed by atoms with Gasteiger partial charge in [-0.05, 0) is 42.5 Å². The maximum Gasteiger partial charge on any atom is 0.329 e. The first-order chi connectivity index (χ1) is 18.7. The molecule has 4 aromatic rings. The third-order valence-corrected chi connectivity index (χ3v) is 7.67. The van der Waals surface area contributed by atoms with Crippen molar-refractivity contribution in [2.75, 3.05) is 7.11 Å². The molecule has 0 amide bonds. The number of aryl methyl sites for hydroxylation is 1. The van der Waals surface area contributed by atoms with E-state index in [-0.39, 0.29) is 17.8 Å². The molecular formula is C29H37N7O2. The quantitative estimate of drug-likeness (QED) is 0.329. The highest BCUT2D eigenvalue weighted by Crippen LogP contribution is 2.30. The van der Waals surface area contributed by atoms with Crippen molar-refractivity contribution in [2.45, 2.75) is 83.4 Å². The van der Waals surface area contributed by atoms with Crippen LogP contribution >= 0.6 is 0 Å². The molecule has 200 valence electrons. The maximum atomic E-state index is 13.8. The van der Waals surface area contributed by atoms with Crippen LogP contribution in [0.1, 0.15) is 75.7 Å². The van der Waals surface area contributed by atoms with Gasteiger partial charge in [0.15, 0.2) is 0 Å². The van der Waals surface area contributed by atoms with Gasteiger partial charge in [-0.1, -0.05) is 69.4 Å². The summed E-state index contributed by atoms with van der Waals surface area (Å²) in [5, 5.41) is 14.5. The lowest BCUT2D eigenvalue weighted by atomic mass is 9.94. The Balaban J connectivity index is 1.44. The Morgan fingerprint density at radius 3 is 2.58 bits per heavy atom. The molecular weight excluding hydrogens is 478 g/mol. The molecule has 5 rings (SSSR count). The number of rotatable bonds is 9. The van der Waals surface area contributed by atoms with E-state index in [1.807, 2.05) is 51.7 Å². The van der Waals surface area contributed by atoms with Gasteiger partial charge < -0.3 is 4.74 Å². The minimum Gasteiger partial charge on any atom is -0.379 e. The number of methoxy groups -OCH3 is 1. The molecule has 0 radical (unpaired) electrons. The molecule has 0 aliphatic heterocycles. The van der Waals surface area contributed by atoms with Crippen molar-refractivity contribution in [1.82, 2.24) is 34.7 Å². The van der Waals surface area contributed by atoms with Gasteiger partial charge in [0, 0.05) is 36.3 Å². The number of hydrogen-bond donors (Lipinski definition) is 1. The molecule has 3 aromatic heterocycles. The van der Waals surface area contributed by atoms with E-state index in [1.54, 1.807) is 7.11 Å². The Morgan fingerprint density at radius 2 is 1.87 bits per heavy atom. The largest absolute Gasteiger partial charge is 0.379 e. The van der Waals surface area contributed by atoms with Crippen molar-refractivity contribution in [1.29, 1.82) is 0 Å². The van der Waals surface area contributed by atoms with Crippen LogP contribution in [0, 0.1) is 0 Å². The molecule has 9 heteroatoms. The van der Waals surface area contributed by atoms with Crippen molar-refractivity contribution in [3.63, 3.8) is 0 Å². The van der Waals surface area contributed by atoms with Crippen LogP contribution < -0.4 is 5.69 Å². The van der Waals surface area contributed by atoms with Crippen molar-refractivity contribution in [3.05, 3.63) is 70.7 Å². The zero-order valence-corrected chi connectivity index (χ0v) is 22.3. The number of hydrogen-bond acceptors (Lipinski definition) is 6. The summed E-state index contributed by atoms with van der Waals surface area (Å²) in [6.07, 6.45) is 13.7. The predicted molar refractivity (Wildman–Crippen MR) is 147 cm³/mol. The number of benzene rings is 1. The van der Waals surface area contributed by atoms with Gasteiger partial charge in [0.25, 0.3) is 0 Å². The summed E-state index contributed by atoms with van der Waals surface area (Å²) in [5.41, 5.74) is 4.79. The third kappa shape index (κ3) is 5.62. The second-order valence-corrected chi connectivity index (χ2v) is 10.2. The van der Waals surface area contributed by atoms with Crippen LogP contribution in [0.25, 0.3) is 22.5 Å². The zero-order chi connectivity index (χ0) is 26.3. The van der Waals surface area contributed by atoms with Gasteiger partial charge >= 0.3 is 5.69 Å². The number of tetrazole rings is 1. The van der Waals surface area contributed by atoms with Gasteiger partial charge in [-0.15, -0.1) is 10.2 Å². The van der Waals surface area contributed by atoms with Gasteiger partial charge in [-0.25, -0.2) is 4.79 Å². The molecule has 1 aromatic carbocycles. The first kappa shape index (κ1) is 26.0. The lowest BCUT2D eigenvalue weighted by Crippen LogP contribution is -2.35. The Bertz CT molecular complexity index is 1360. The van der Waals surface area contributed by atoms with Crippen LogP contribution in [0.4, 0.5) is 0 Å². The summed E-state index contributed by atoms with van der Waals surface area (Å²) < 4.78 is 9.76. The number of ether oxygens (including phenoxy) is 1. The first-order valence-corrected chi connectivity index (χ1v) is 13.8. The van der Waals surface area contributed by atoms with Gasteiger partial charge in [-0.2, -0.15) is 5.21 Å². The van der Waals surface area contributed by atoms with Crippen LogP contribution in [0.15, 0.2) is 53.6 Å². The van der Waals surface area contributed by atoms with E-state index in [9.17, 15) is 4.79 Å². The molecule has 1 aliphatic rings. The fourth-order valence-corrected chi connectivity index (χ4v) is 5.58. The Kier molecular flexibility index (Phi) is 8.43.